The van der Waals surface area contributed by atoms with Crippen LogP contribution in [0.5, 0.6) is 0 Å². The van der Waals surface area contributed by atoms with E-state index in [1.54, 1.807) is 12.1 Å². The first-order chi connectivity index (χ1) is 8.15. The van der Waals surface area contributed by atoms with Gasteiger partial charge in [-0.1, -0.05) is 11.6 Å². The molecule has 0 heterocycles. The highest BCUT2D eigenvalue weighted by atomic mass is 35.5. The van der Waals surface area contributed by atoms with Gasteiger partial charge < -0.3 is 10.5 Å². The maximum atomic E-state index is 11.8. The summed E-state index contributed by atoms with van der Waals surface area (Å²) >= 11 is 5.79. The lowest BCUT2D eigenvalue weighted by molar-refractivity contribution is 0.0497. The molecule has 0 atom stereocenters. The minimum Gasteiger partial charge on any atom is -0.462 e. The fourth-order valence-electron chi connectivity index (χ4n) is 1.28. The number of benzene rings is 1. The quantitative estimate of drug-likeness (QED) is 0.485. The van der Waals surface area contributed by atoms with E-state index in [9.17, 15) is 9.18 Å². The van der Waals surface area contributed by atoms with E-state index in [0.29, 0.717) is 42.1 Å². The summed E-state index contributed by atoms with van der Waals surface area (Å²) in [6.45, 7) is -0.0393. The van der Waals surface area contributed by atoms with Crippen LogP contribution in [0.15, 0.2) is 18.2 Å². The van der Waals surface area contributed by atoms with Crippen molar-refractivity contribution in [2.75, 3.05) is 19.0 Å². The lowest BCUT2D eigenvalue weighted by Gasteiger charge is -2.05. The van der Waals surface area contributed by atoms with Gasteiger partial charge in [-0.3, -0.25) is 4.39 Å². The highest BCUT2D eigenvalue weighted by Crippen LogP contribution is 2.20. The van der Waals surface area contributed by atoms with Crippen LogP contribution in [0.4, 0.5) is 10.1 Å². The van der Waals surface area contributed by atoms with Crippen molar-refractivity contribution >= 4 is 23.3 Å². The summed E-state index contributed by atoms with van der Waals surface area (Å²) in [6, 6.07) is 4.59. The second-order valence-corrected chi connectivity index (χ2v) is 4.03. The van der Waals surface area contributed by atoms with Crippen LogP contribution in [0.25, 0.3) is 0 Å². The van der Waals surface area contributed by atoms with Gasteiger partial charge in [0, 0.05) is 0 Å². The predicted molar refractivity (Wildman–Crippen MR) is 66.0 cm³/mol. The molecule has 5 heteroatoms. The van der Waals surface area contributed by atoms with Crippen LogP contribution in [0, 0.1) is 0 Å². The summed E-state index contributed by atoms with van der Waals surface area (Å²) < 4.78 is 16.8. The van der Waals surface area contributed by atoms with Crippen LogP contribution in [0.1, 0.15) is 29.6 Å². The molecule has 2 N–H and O–H groups in total. The first-order valence-corrected chi connectivity index (χ1v) is 5.81. The number of unbranched alkanes of at least 4 members (excludes halogenated alkanes) is 2. The van der Waals surface area contributed by atoms with Crippen molar-refractivity contribution < 1.29 is 13.9 Å². The van der Waals surface area contributed by atoms with Crippen molar-refractivity contribution in [3.05, 3.63) is 28.8 Å². The second kappa shape index (κ2) is 7.12. The summed E-state index contributed by atoms with van der Waals surface area (Å²) in [5.41, 5.74) is 6.32. The van der Waals surface area contributed by atoms with Crippen molar-refractivity contribution in [1.82, 2.24) is 0 Å². The van der Waals surface area contributed by atoms with Gasteiger partial charge in [-0.25, -0.2) is 4.79 Å². The summed E-state index contributed by atoms with van der Waals surface area (Å²) in [6.07, 6.45) is 1.88. The zero-order valence-corrected chi connectivity index (χ0v) is 10.2. The number of nitrogen functional groups attached to an aromatic ring is 1. The third kappa shape index (κ3) is 4.61. The molecule has 0 fully saturated rings. The molecule has 1 aromatic rings. The Morgan fingerprint density at radius 2 is 2.12 bits per heavy atom. The molecule has 17 heavy (non-hydrogen) atoms. The van der Waals surface area contributed by atoms with E-state index >= 15 is 0 Å². The zero-order valence-electron chi connectivity index (χ0n) is 9.42. The standard InChI is InChI=1S/C12H15ClFNO2/c13-10-8-9(4-5-11(10)15)12(16)17-7-3-1-2-6-14/h4-5,8H,1-3,6-7,15H2. The minimum atomic E-state index is -0.438. The van der Waals surface area contributed by atoms with Gasteiger partial charge in [0.05, 0.1) is 29.6 Å². The molecule has 0 aliphatic heterocycles. The first kappa shape index (κ1) is 13.8. The van der Waals surface area contributed by atoms with Gasteiger partial charge in [-0.2, -0.15) is 0 Å². The third-order valence-electron chi connectivity index (χ3n) is 2.25. The van der Waals surface area contributed by atoms with Crippen LogP contribution in [0.2, 0.25) is 5.02 Å². The molecule has 3 nitrogen and oxygen atoms in total. The molecule has 94 valence electrons. The minimum absolute atomic E-state index is 0.292. The topological polar surface area (TPSA) is 52.3 Å². The van der Waals surface area contributed by atoms with E-state index < -0.39 is 5.97 Å². The monoisotopic (exact) mass is 259 g/mol. The molecule has 0 saturated carbocycles. The molecule has 0 amide bonds. The highest BCUT2D eigenvalue weighted by Gasteiger charge is 2.08. The smallest absolute Gasteiger partial charge is 0.338 e. The molecule has 0 radical (unpaired) electrons. The largest absolute Gasteiger partial charge is 0.462 e. The Labute approximate surface area is 105 Å². The van der Waals surface area contributed by atoms with Crippen molar-refractivity contribution in [2.45, 2.75) is 19.3 Å². The Morgan fingerprint density at radius 3 is 2.76 bits per heavy atom. The Kier molecular flexibility index (Phi) is 5.77. The van der Waals surface area contributed by atoms with Crippen LogP contribution in [-0.2, 0) is 4.74 Å². The number of hydrogen-bond acceptors (Lipinski definition) is 3. The fraction of sp³-hybridized carbons (Fsp3) is 0.417. The Balaban J connectivity index is 2.39. The van der Waals surface area contributed by atoms with E-state index in [4.69, 9.17) is 22.1 Å². The number of hydrogen-bond donors (Lipinski definition) is 1. The molecule has 0 bridgehead atoms. The van der Waals surface area contributed by atoms with E-state index in [2.05, 4.69) is 0 Å². The fourth-order valence-corrected chi connectivity index (χ4v) is 1.46. The van der Waals surface area contributed by atoms with Crippen molar-refractivity contribution in [3.8, 4) is 0 Å². The molecule has 0 aliphatic rings. The van der Waals surface area contributed by atoms with Crippen LogP contribution >= 0.6 is 11.6 Å². The lowest BCUT2D eigenvalue weighted by atomic mass is 10.2. The van der Waals surface area contributed by atoms with Crippen molar-refractivity contribution in [2.24, 2.45) is 0 Å². The highest BCUT2D eigenvalue weighted by molar-refractivity contribution is 6.33. The molecule has 0 unspecified atom stereocenters. The molecule has 0 aromatic heterocycles. The van der Waals surface area contributed by atoms with Gasteiger partial charge in [0.25, 0.3) is 0 Å². The molecule has 1 rings (SSSR count). The molecule has 0 aliphatic carbocycles. The molecular weight excluding hydrogens is 245 g/mol. The summed E-state index contributed by atoms with van der Waals surface area (Å²) in [5.74, 6) is -0.438. The average molecular weight is 260 g/mol. The summed E-state index contributed by atoms with van der Waals surface area (Å²) in [4.78, 5) is 11.5. The molecular formula is C12H15ClFNO2. The number of nitrogens with two attached hydrogens (primary N) is 1. The predicted octanol–water partition coefficient (Wildman–Crippen LogP) is 3.22. The Morgan fingerprint density at radius 1 is 1.35 bits per heavy atom. The number of halogens is 2. The second-order valence-electron chi connectivity index (χ2n) is 3.62. The van der Waals surface area contributed by atoms with Crippen LogP contribution in [-0.4, -0.2) is 19.3 Å². The Bertz CT molecular complexity index is 385. The molecule has 0 spiro atoms. The van der Waals surface area contributed by atoms with E-state index in [-0.39, 0.29) is 6.67 Å². The number of ether oxygens (including phenoxy) is 1. The molecule has 0 saturated heterocycles. The maximum absolute atomic E-state index is 11.8. The van der Waals surface area contributed by atoms with Gasteiger partial charge in [-0.05, 0) is 37.5 Å². The number of esters is 1. The maximum Gasteiger partial charge on any atom is 0.338 e. The lowest BCUT2D eigenvalue weighted by Crippen LogP contribution is -2.06. The van der Waals surface area contributed by atoms with Gasteiger partial charge in [0.15, 0.2) is 0 Å². The third-order valence-corrected chi connectivity index (χ3v) is 2.57. The number of carbonyl (C=O) groups excluding carboxylic acids is 1. The van der Waals surface area contributed by atoms with Crippen LogP contribution in [0.3, 0.4) is 0 Å². The van der Waals surface area contributed by atoms with Crippen molar-refractivity contribution in [1.29, 1.82) is 0 Å². The average Bonchev–Trinajstić information content (AvgIpc) is 2.32. The van der Waals surface area contributed by atoms with Crippen LogP contribution < -0.4 is 5.73 Å². The van der Waals surface area contributed by atoms with E-state index in [1.165, 1.54) is 6.07 Å². The zero-order chi connectivity index (χ0) is 12.7. The number of rotatable bonds is 6. The SMILES string of the molecule is Nc1ccc(C(=O)OCCCCCF)cc1Cl. The summed E-state index contributed by atoms with van der Waals surface area (Å²) in [5, 5.41) is 0.330. The van der Waals surface area contributed by atoms with E-state index in [0.717, 1.165) is 0 Å². The van der Waals surface area contributed by atoms with Gasteiger partial charge in [0.2, 0.25) is 0 Å². The van der Waals surface area contributed by atoms with Crippen molar-refractivity contribution in [3.63, 3.8) is 0 Å². The van der Waals surface area contributed by atoms with Gasteiger partial charge >= 0.3 is 5.97 Å². The number of carbonyl (C=O) groups is 1. The van der Waals surface area contributed by atoms with Gasteiger partial charge in [-0.15, -0.1) is 0 Å². The normalized spacial score (nSPS) is 10.2. The summed E-state index contributed by atoms with van der Waals surface area (Å²) in [7, 11) is 0. The number of anilines is 1. The van der Waals surface area contributed by atoms with E-state index in [1.807, 2.05) is 0 Å². The van der Waals surface area contributed by atoms with Gasteiger partial charge in [0.1, 0.15) is 0 Å². The first-order valence-electron chi connectivity index (χ1n) is 5.43. The number of alkyl halides is 1. The molecule has 1 aromatic carbocycles. The Hall–Kier alpha value is -1.29.